The van der Waals surface area contributed by atoms with E-state index >= 15 is 0 Å². The third kappa shape index (κ3) is 5.79. The summed E-state index contributed by atoms with van der Waals surface area (Å²) in [5.41, 5.74) is 20.6. The van der Waals surface area contributed by atoms with Crippen LogP contribution in [0.1, 0.15) is 0 Å². The molecule has 2 heterocycles. The predicted octanol–water partition coefficient (Wildman–Crippen LogP) is 14.4. The summed E-state index contributed by atoms with van der Waals surface area (Å²) in [6, 6.07) is 79.7. The molecule has 0 spiro atoms. The summed E-state index contributed by atoms with van der Waals surface area (Å²) in [6.07, 6.45) is 0. The van der Waals surface area contributed by atoms with Crippen molar-refractivity contribution in [3.05, 3.63) is 224 Å². The van der Waals surface area contributed by atoms with Gasteiger partial charge in [0.1, 0.15) is 0 Å². The van der Waals surface area contributed by atoms with Crippen LogP contribution in [-0.2, 0) is 0 Å². The summed E-state index contributed by atoms with van der Waals surface area (Å²) in [5, 5.41) is 4.78. The monoisotopic (exact) mass is 757 g/mol. The predicted molar refractivity (Wildman–Crippen MR) is 249 cm³/mol. The van der Waals surface area contributed by atoms with Crippen LogP contribution in [0.2, 0.25) is 0 Å². The number of para-hydroxylation sites is 7. The van der Waals surface area contributed by atoms with E-state index in [0.29, 0.717) is 5.69 Å². The van der Waals surface area contributed by atoms with Gasteiger partial charge < -0.3 is 24.7 Å². The summed E-state index contributed by atoms with van der Waals surface area (Å²) < 4.78 is 4.71. The van der Waals surface area contributed by atoms with Gasteiger partial charge in [-0.25, -0.2) is 0 Å². The zero-order valence-corrected chi connectivity index (χ0v) is 32.2. The number of nitrogens with two attached hydrogens (primary N) is 1. The van der Waals surface area contributed by atoms with E-state index in [-0.39, 0.29) is 0 Å². The van der Waals surface area contributed by atoms with Gasteiger partial charge in [-0.05, 0) is 115 Å². The normalized spacial score (nSPS) is 11.5. The first-order valence-corrected chi connectivity index (χ1v) is 20.0. The van der Waals surface area contributed by atoms with Crippen molar-refractivity contribution in [2.75, 3.05) is 15.5 Å². The summed E-state index contributed by atoms with van der Waals surface area (Å²) in [6.45, 7) is 0. The van der Waals surface area contributed by atoms with Crippen LogP contribution in [-0.4, -0.2) is 9.13 Å². The van der Waals surface area contributed by atoms with Gasteiger partial charge in [0, 0.05) is 61.4 Å². The molecule has 0 atom stereocenters. The van der Waals surface area contributed by atoms with E-state index in [2.05, 4.69) is 231 Å². The van der Waals surface area contributed by atoms with Crippen molar-refractivity contribution >= 4 is 83.4 Å². The van der Waals surface area contributed by atoms with E-state index in [1.807, 2.05) is 12.1 Å². The lowest BCUT2D eigenvalue weighted by molar-refractivity contribution is 1.18. The summed E-state index contributed by atoms with van der Waals surface area (Å²) in [4.78, 5) is 4.63. The van der Waals surface area contributed by atoms with Crippen LogP contribution in [0.25, 0.3) is 55.0 Å². The van der Waals surface area contributed by atoms with E-state index in [9.17, 15) is 0 Å². The lowest BCUT2D eigenvalue weighted by atomic mass is 10.1. The SMILES string of the molecule is Nc1ccccc1N(c1cccc(N(c2ccccc2)c2ccc3c(c2)c2ccccc2n3-c2ccccc2)c1)c1ccc2c(c1)c1ccccc1n2-c1ccccc1. The first-order chi connectivity index (χ1) is 29.2. The smallest absolute Gasteiger partial charge is 0.0691 e. The fourth-order valence-corrected chi connectivity index (χ4v) is 8.82. The molecule has 0 saturated carbocycles. The molecule has 11 rings (SSSR count). The zero-order valence-electron chi connectivity index (χ0n) is 32.2. The number of hydrogen-bond donors (Lipinski definition) is 1. The van der Waals surface area contributed by atoms with E-state index in [1.54, 1.807) is 0 Å². The largest absolute Gasteiger partial charge is 0.397 e. The van der Waals surface area contributed by atoms with Crippen LogP contribution >= 0.6 is 0 Å². The third-order valence-corrected chi connectivity index (χ3v) is 11.4. The highest BCUT2D eigenvalue weighted by Gasteiger charge is 2.22. The van der Waals surface area contributed by atoms with E-state index in [4.69, 9.17) is 5.73 Å². The van der Waals surface area contributed by atoms with E-state index in [1.165, 1.54) is 32.6 Å². The quantitative estimate of drug-likeness (QED) is 0.157. The van der Waals surface area contributed by atoms with Crippen LogP contribution in [0.4, 0.5) is 39.8 Å². The second-order valence-electron chi connectivity index (χ2n) is 14.9. The van der Waals surface area contributed by atoms with Gasteiger partial charge in [-0.3, -0.25) is 0 Å². The lowest BCUT2D eigenvalue weighted by Crippen LogP contribution is -2.14. The molecule has 0 aliphatic rings. The van der Waals surface area contributed by atoms with Gasteiger partial charge in [0.2, 0.25) is 0 Å². The Morgan fingerprint density at radius 1 is 0.288 bits per heavy atom. The fraction of sp³-hybridized carbons (Fsp3) is 0. The molecule has 0 amide bonds. The average molecular weight is 758 g/mol. The molecular weight excluding hydrogens is 719 g/mol. The first-order valence-electron chi connectivity index (χ1n) is 20.0. The number of nitrogen functional groups attached to an aromatic ring is 1. The molecule has 0 radical (unpaired) electrons. The van der Waals surface area contributed by atoms with Gasteiger partial charge in [-0.15, -0.1) is 0 Å². The van der Waals surface area contributed by atoms with Crippen molar-refractivity contribution in [1.82, 2.24) is 9.13 Å². The maximum Gasteiger partial charge on any atom is 0.0691 e. The Balaban J connectivity index is 1.10. The standard InChI is InChI=1S/C54H39N5/c55-49-27-12-15-30-54(49)57(44-32-34-53-48(37-44)46-26-11-14-29-51(46)59(53)40-21-8-3-9-22-40)42-24-16-23-41(35-42)56(38-17-4-1-5-18-38)43-31-33-52-47(36-43)45-25-10-13-28-50(45)58(52)39-19-6-2-7-20-39/h1-37H,55H2. The number of anilines is 7. The van der Waals surface area contributed by atoms with E-state index in [0.717, 1.165) is 56.5 Å². The van der Waals surface area contributed by atoms with Crippen molar-refractivity contribution in [3.8, 4) is 11.4 Å². The molecular formula is C54H39N5. The molecule has 0 saturated heterocycles. The molecule has 0 aliphatic heterocycles. The number of benzene rings is 9. The molecule has 0 fully saturated rings. The molecule has 0 unspecified atom stereocenters. The van der Waals surface area contributed by atoms with Gasteiger partial charge >= 0.3 is 0 Å². The second kappa shape index (κ2) is 14.2. The third-order valence-electron chi connectivity index (χ3n) is 11.4. The Labute approximate surface area is 342 Å². The summed E-state index contributed by atoms with van der Waals surface area (Å²) >= 11 is 0. The minimum Gasteiger partial charge on any atom is -0.397 e. The van der Waals surface area contributed by atoms with Crippen LogP contribution in [0.5, 0.6) is 0 Å². The first kappa shape index (κ1) is 34.2. The highest BCUT2D eigenvalue weighted by Crippen LogP contribution is 2.45. The molecule has 9 aromatic carbocycles. The van der Waals surface area contributed by atoms with Crippen molar-refractivity contribution in [3.63, 3.8) is 0 Å². The maximum atomic E-state index is 6.84. The molecule has 0 aliphatic carbocycles. The molecule has 280 valence electrons. The van der Waals surface area contributed by atoms with Crippen molar-refractivity contribution in [2.45, 2.75) is 0 Å². The number of aromatic nitrogens is 2. The maximum absolute atomic E-state index is 6.84. The fourth-order valence-electron chi connectivity index (χ4n) is 8.82. The average Bonchev–Trinajstić information content (AvgIpc) is 3.81. The van der Waals surface area contributed by atoms with Gasteiger partial charge in [0.05, 0.1) is 33.4 Å². The Kier molecular flexibility index (Phi) is 8.23. The highest BCUT2D eigenvalue weighted by molar-refractivity contribution is 6.12. The minimum absolute atomic E-state index is 0.699. The van der Waals surface area contributed by atoms with Gasteiger partial charge in [0.15, 0.2) is 0 Å². The Hall–Kier alpha value is -8.02. The second-order valence-corrected chi connectivity index (χ2v) is 14.9. The number of fused-ring (bicyclic) bond motifs is 6. The van der Waals surface area contributed by atoms with Crippen molar-refractivity contribution in [2.24, 2.45) is 0 Å². The van der Waals surface area contributed by atoms with Crippen LogP contribution in [0.15, 0.2) is 224 Å². The summed E-state index contributed by atoms with van der Waals surface area (Å²) in [5.74, 6) is 0. The van der Waals surface area contributed by atoms with Crippen LogP contribution in [0, 0.1) is 0 Å². The van der Waals surface area contributed by atoms with Gasteiger partial charge in [-0.2, -0.15) is 0 Å². The van der Waals surface area contributed by atoms with Crippen LogP contribution in [0.3, 0.4) is 0 Å². The minimum atomic E-state index is 0.699. The Morgan fingerprint density at radius 3 is 1.25 bits per heavy atom. The Bertz CT molecular complexity index is 3290. The zero-order chi connectivity index (χ0) is 39.3. The molecule has 11 aromatic rings. The van der Waals surface area contributed by atoms with Gasteiger partial charge in [0.25, 0.3) is 0 Å². The molecule has 2 N–H and O–H groups in total. The number of nitrogens with zero attached hydrogens (tertiary/aromatic N) is 4. The molecule has 5 nitrogen and oxygen atoms in total. The summed E-state index contributed by atoms with van der Waals surface area (Å²) in [7, 11) is 0. The molecule has 0 bridgehead atoms. The van der Waals surface area contributed by atoms with Crippen molar-refractivity contribution in [1.29, 1.82) is 0 Å². The molecule has 59 heavy (non-hydrogen) atoms. The van der Waals surface area contributed by atoms with Crippen LogP contribution < -0.4 is 15.5 Å². The van der Waals surface area contributed by atoms with E-state index < -0.39 is 0 Å². The topological polar surface area (TPSA) is 42.4 Å². The van der Waals surface area contributed by atoms with Crippen molar-refractivity contribution < 1.29 is 0 Å². The number of hydrogen-bond acceptors (Lipinski definition) is 3. The van der Waals surface area contributed by atoms with Gasteiger partial charge in [-0.1, -0.05) is 109 Å². The lowest BCUT2D eigenvalue weighted by Gasteiger charge is -2.30. The number of rotatable bonds is 8. The molecule has 5 heteroatoms. The Morgan fingerprint density at radius 2 is 0.695 bits per heavy atom. The molecule has 2 aromatic heterocycles. The highest BCUT2D eigenvalue weighted by atomic mass is 15.2.